The summed E-state index contributed by atoms with van der Waals surface area (Å²) in [6, 6.07) is 16.2. The van der Waals surface area contributed by atoms with Crippen LogP contribution in [0.15, 0.2) is 48.5 Å². The number of halogens is 1. The van der Waals surface area contributed by atoms with Crippen LogP contribution >= 0.6 is 0 Å². The minimum Gasteiger partial charge on any atom is -0.369 e. The van der Waals surface area contributed by atoms with Crippen molar-refractivity contribution in [1.82, 2.24) is 0 Å². The van der Waals surface area contributed by atoms with Gasteiger partial charge in [0.1, 0.15) is 11.9 Å². The Hall–Kier alpha value is -2.34. The Morgan fingerprint density at radius 1 is 1.17 bits per heavy atom. The molecular formula is C15H13FN2. The number of hydrogen-bond acceptors (Lipinski definition) is 2. The van der Waals surface area contributed by atoms with E-state index in [4.69, 9.17) is 5.26 Å². The molecule has 3 heteroatoms. The molecule has 0 aliphatic heterocycles. The SMILES string of the molecule is CN(Cc1ccccc1)c1ccc(F)cc1C#N. The van der Waals surface area contributed by atoms with Gasteiger partial charge in [-0.15, -0.1) is 0 Å². The van der Waals surface area contributed by atoms with E-state index in [-0.39, 0.29) is 5.82 Å². The van der Waals surface area contributed by atoms with Crippen LogP contribution in [-0.4, -0.2) is 7.05 Å². The molecule has 2 aromatic rings. The molecule has 0 saturated heterocycles. The number of nitriles is 1. The summed E-state index contributed by atoms with van der Waals surface area (Å²) in [5, 5.41) is 9.01. The monoisotopic (exact) mass is 240 g/mol. The van der Waals surface area contributed by atoms with Gasteiger partial charge in [0.05, 0.1) is 11.3 Å². The normalized spacial score (nSPS) is 9.83. The first-order chi connectivity index (χ1) is 8.70. The Morgan fingerprint density at radius 2 is 1.89 bits per heavy atom. The van der Waals surface area contributed by atoms with Crippen LogP contribution in [0.1, 0.15) is 11.1 Å². The molecule has 0 fully saturated rings. The average molecular weight is 240 g/mol. The zero-order chi connectivity index (χ0) is 13.0. The Morgan fingerprint density at radius 3 is 2.56 bits per heavy atom. The molecule has 0 bridgehead atoms. The fourth-order valence-corrected chi connectivity index (χ4v) is 1.87. The van der Waals surface area contributed by atoms with Crippen molar-refractivity contribution in [2.24, 2.45) is 0 Å². The summed E-state index contributed by atoms with van der Waals surface area (Å²) in [5.74, 6) is -0.386. The fourth-order valence-electron chi connectivity index (χ4n) is 1.87. The van der Waals surface area contributed by atoms with Gasteiger partial charge < -0.3 is 4.90 Å². The fraction of sp³-hybridized carbons (Fsp3) is 0.133. The van der Waals surface area contributed by atoms with Crippen molar-refractivity contribution in [1.29, 1.82) is 5.26 Å². The van der Waals surface area contributed by atoms with Crippen LogP contribution in [-0.2, 0) is 6.54 Å². The number of rotatable bonds is 3. The number of anilines is 1. The van der Waals surface area contributed by atoms with E-state index in [1.807, 2.05) is 48.3 Å². The molecule has 0 aromatic heterocycles. The summed E-state index contributed by atoms with van der Waals surface area (Å²) in [6.45, 7) is 0.682. The zero-order valence-corrected chi connectivity index (χ0v) is 10.1. The van der Waals surface area contributed by atoms with Crippen molar-refractivity contribution in [3.8, 4) is 6.07 Å². The average Bonchev–Trinajstić information content (AvgIpc) is 2.39. The minimum absolute atomic E-state index is 0.355. The molecule has 0 aliphatic rings. The quantitative estimate of drug-likeness (QED) is 0.822. The van der Waals surface area contributed by atoms with Crippen molar-refractivity contribution in [3.63, 3.8) is 0 Å². The second-order valence-corrected chi connectivity index (χ2v) is 4.11. The van der Waals surface area contributed by atoms with E-state index in [9.17, 15) is 4.39 Å². The van der Waals surface area contributed by atoms with E-state index in [0.29, 0.717) is 12.1 Å². The van der Waals surface area contributed by atoms with Crippen LogP contribution in [0.3, 0.4) is 0 Å². The van der Waals surface area contributed by atoms with Crippen molar-refractivity contribution >= 4 is 5.69 Å². The molecule has 0 atom stereocenters. The van der Waals surface area contributed by atoms with Crippen molar-refractivity contribution in [2.75, 3.05) is 11.9 Å². The molecule has 0 radical (unpaired) electrons. The van der Waals surface area contributed by atoms with E-state index in [1.165, 1.54) is 12.1 Å². The zero-order valence-electron chi connectivity index (χ0n) is 10.1. The number of hydrogen-bond donors (Lipinski definition) is 0. The highest BCUT2D eigenvalue weighted by Crippen LogP contribution is 2.21. The molecule has 0 amide bonds. The van der Waals surface area contributed by atoms with Crippen molar-refractivity contribution in [2.45, 2.75) is 6.54 Å². The number of benzene rings is 2. The van der Waals surface area contributed by atoms with Gasteiger partial charge in [0.2, 0.25) is 0 Å². The molecule has 2 aromatic carbocycles. The van der Waals surface area contributed by atoms with Gasteiger partial charge in [0.15, 0.2) is 0 Å². The Labute approximate surface area is 106 Å². The van der Waals surface area contributed by atoms with Gasteiger partial charge in [-0.1, -0.05) is 30.3 Å². The summed E-state index contributed by atoms with van der Waals surface area (Å²) in [4.78, 5) is 1.94. The predicted octanol–water partition coefficient (Wildman–Crippen LogP) is 3.33. The first kappa shape index (κ1) is 12.1. The molecule has 0 saturated carbocycles. The second kappa shape index (κ2) is 5.33. The van der Waals surface area contributed by atoms with Gasteiger partial charge in [-0.3, -0.25) is 0 Å². The molecule has 0 unspecified atom stereocenters. The van der Waals surface area contributed by atoms with E-state index >= 15 is 0 Å². The Bertz CT molecular complexity index is 573. The van der Waals surface area contributed by atoms with Crippen LogP contribution < -0.4 is 4.90 Å². The molecule has 0 spiro atoms. The lowest BCUT2D eigenvalue weighted by atomic mass is 10.1. The topological polar surface area (TPSA) is 27.0 Å². The highest BCUT2D eigenvalue weighted by atomic mass is 19.1. The Kier molecular flexibility index (Phi) is 3.59. The molecule has 0 heterocycles. The second-order valence-electron chi connectivity index (χ2n) is 4.11. The standard InChI is InChI=1S/C15H13FN2/c1-18(11-12-5-3-2-4-6-12)15-8-7-14(16)9-13(15)10-17/h2-9H,11H2,1H3. The van der Waals surface area contributed by atoms with Gasteiger partial charge in [-0.25, -0.2) is 4.39 Å². The molecule has 90 valence electrons. The lowest BCUT2D eigenvalue weighted by molar-refractivity contribution is 0.627. The van der Waals surface area contributed by atoms with Crippen LogP contribution in [0.5, 0.6) is 0 Å². The molecule has 2 nitrogen and oxygen atoms in total. The summed E-state index contributed by atoms with van der Waals surface area (Å²) in [6.07, 6.45) is 0. The maximum absolute atomic E-state index is 13.1. The van der Waals surface area contributed by atoms with E-state index in [1.54, 1.807) is 6.07 Å². The summed E-state index contributed by atoms with van der Waals surface area (Å²) < 4.78 is 13.1. The van der Waals surface area contributed by atoms with Crippen LogP contribution in [0.4, 0.5) is 10.1 Å². The van der Waals surface area contributed by atoms with Gasteiger partial charge in [-0.2, -0.15) is 5.26 Å². The highest BCUT2D eigenvalue weighted by Gasteiger charge is 2.08. The third-order valence-electron chi connectivity index (χ3n) is 2.75. The highest BCUT2D eigenvalue weighted by molar-refractivity contribution is 5.59. The summed E-state index contributed by atoms with van der Waals surface area (Å²) in [5.41, 5.74) is 2.24. The van der Waals surface area contributed by atoms with Crippen LogP contribution in [0.25, 0.3) is 0 Å². The van der Waals surface area contributed by atoms with E-state index in [0.717, 1.165) is 11.3 Å². The molecule has 0 aliphatic carbocycles. The Balaban J connectivity index is 2.24. The minimum atomic E-state index is -0.386. The lowest BCUT2D eigenvalue weighted by Crippen LogP contribution is -2.17. The maximum Gasteiger partial charge on any atom is 0.124 e. The lowest BCUT2D eigenvalue weighted by Gasteiger charge is -2.20. The largest absolute Gasteiger partial charge is 0.369 e. The van der Waals surface area contributed by atoms with Gasteiger partial charge in [-0.05, 0) is 23.8 Å². The molecular weight excluding hydrogens is 227 g/mol. The van der Waals surface area contributed by atoms with Gasteiger partial charge in [0, 0.05) is 13.6 Å². The maximum atomic E-state index is 13.1. The third kappa shape index (κ3) is 2.67. The van der Waals surface area contributed by atoms with E-state index in [2.05, 4.69) is 0 Å². The molecule has 18 heavy (non-hydrogen) atoms. The number of nitrogens with zero attached hydrogens (tertiary/aromatic N) is 2. The van der Waals surface area contributed by atoms with Gasteiger partial charge in [0.25, 0.3) is 0 Å². The molecule has 2 rings (SSSR count). The van der Waals surface area contributed by atoms with Crippen molar-refractivity contribution in [3.05, 3.63) is 65.5 Å². The first-order valence-corrected chi connectivity index (χ1v) is 5.65. The summed E-state index contributed by atoms with van der Waals surface area (Å²) in [7, 11) is 1.89. The smallest absolute Gasteiger partial charge is 0.124 e. The van der Waals surface area contributed by atoms with Crippen LogP contribution in [0, 0.1) is 17.1 Å². The van der Waals surface area contributed by atoms with Crippen molar-refractivity contribution < 1.29 is 4.39 Å². The predicted molar refractivity (Wildman–Crippen MR) is 69.7 cm³/mol. The van der Waals surface area contributed by atoms with Crippen LogP contribution in [0.2, 0.25) is 0 Å². The van der Waals surface area contributed by atoms with E-state index < -0.39 is 0 Å². The molecule has 0 N–H and O–H groups in total. The summed E-state index contributed by atoms with van der Waals surface area (Å²) >= 11 is 0. The third-order valence-corrected chi connectivity index (χ3v) is 2.75. The first-order valence-electron chi connectivity index (χ1n) is 5.65. The van der Waals surface area contributed by atoms with Gasteiger partial charge >= 0.3 is 0 Å².